The summed E-state index contributed by atoms with van der Waals surface area (Å²) in [6.45, 7) is 7.33. The Morgan fingerprint density at radius 3 is 1.77 bits per heavy atom. The first kappa shape index (κ1) is 32.5. The molecule has 0 heterocycles. The summed E-state index contributed by atoms with van der Waals surface area (Å²) in [6, 6.07) is 16.0. The van der Waals surface area contributed by atoms with Crippen molar-refractivity contribution in [2.45, 2.75) is 59.7 Å². The highest BCUT2D eigenvalue weighted by Crippen LogP contribution is 2.27. The number of hydrogen-bond donors (Lipinski definition) is 3. The number of carbonyl (C=O) groups is 5. The fourth-order valence-corrected chi connectivity index (χ4v) is 4.63. The quantitative estimate of drug-likeness (QED) is 0.264. The Hall–Kier alpha value is -4.99. The lowest BCUT2D eigenvalue weighted by atomic mass is 9.89. The Labute approximate surface area is 250 Å². The van der Waals surface area contributed by atoms with Crippen LogP contribution in [-0.4, -0.2) is 53.5 Å². The van der Waals surface area contributed by atoms with Crippen LogP contribution in [-0.2, 0) is 32.1 Å². The van der Waals surface area contributed by atoms with Gasteiger partial charge in [0.1, 0.15) is 12.6 Å². The third-order valence-corrected chi connectivity index (χ3v) is 7.33. The molecule has 0 aliphatic heterocycles. The van der Waals surface area contributed by atoms with Crippen molar-refractivity contribution in [3.05, 3.63) is 105 Å². The number of rotatable bonds is 12. The van der Waals surface area contributed by atoms with Crippen LogP contribution in [0.5, 0.6) is 0 Å². The van der Waals surface area contributed by atoms with E-state index in [0.29, 0.717) is 22.3 Å². The Morgan fingerprint density at radius 2 is 1.23 bits per heavy atom. The Morgan fingerprint density at radius 1 is 0.721 bits per heavy atom. The first-order valence-corrected chi connectivity index (χ1v) is 13.8. The van der Waals surface area contributed by atoms with E-state index in [4.69, 9.17) is 9.47 Å². The standard InChI is InChI=1S/C33H36N2O8/c1-19-21(3)29(22(4)20(2)28(19)31(38)39)32(40)42-18-27(36)23(5)34-30(37)26(16-24-12-8-6-9-13-24)35-33(41)43-17-25-14-10-7-11-15-25/h6-15,23,26H,16-18H2,1-5H3,(H,34,37)(H,35,41)(H,38,39)/t23-,26-/m0/s1. The molecule has 43 heavy (non-hydrogen) atoms. The summed E-state index contributed by atoms with van der Waals surface area (Å²) in [4.78, 5) is 63.2. The molecule has 0 aromatic heterocycles. The van der Waals surface area contributed by atoms with Crippen LogP contribution < -0.4 is 10.6 Å². The summed E-state index contributed by atoms with van der Waals surface area (Å²) in [7, 11) is 0. The largest absolute Gasteiger partial charge is 0.478 e. The summed E-state index contributed by atoms with van der Waals surface area (Å²) < 4.78 is 10.6. The van der Waals surface area contributed by atoms with Crippen molar-refractivity contribution >= 4 is 29.7 Å². The minimum atomic E-state index is -1.09. The van der Waals surface area contributed by atoms with Crippen molar-refractivity contribution < 1.29 is 38.6 Å². The molecule has 3 rings (SSSR count). The van der Waals surface area contributed by atoms with Crippen molar-refractivity contribution in [1.29, 1.82) is 0 Å². The fraction of sp³-hybridized carbons (Fsp3) is 0.303. The van der Waals surface area contributed by atoms with E-state index in [2.05, 4.69) is 10.6 Å². The number of hydrogen-bond acceptors (Lipinski definition) is 7. The summed E-state index contributed by atoms with van der Waals surface area (Å²) in [5.41, 5.74) is 3.67. The van der Waals surface area contributed by atoms with Gasteiger partial charge in [0.25, 0.3) is 0 Å². The van der Waals surface area contributed by atoms with Crippen LogP contribution in [0.1, 0.15) is 61.0 Å². The average molecular weight is 589 g/mol. The molecule has 3 aromatic carbocycles. The van der Waals surface area contributed by atoms with Gasteiger partial charge >= 0.3 is 18.0 Å². The van der Waals surface area contributed by atoms with Gasteiger partial charge in [0, 0.05) is 6.42 Å². The zero-order valence-electron chi connectivity index (χ0n) is 24.9. The molecule has 3 N–H and O–H groups in total. The van der Waals surface area contributed by atoms with E-state index in [1.165, 1.54) is 6.92 Å². The zero-order valence-corrected chi connectivity index (χ0v) is 24.9. The zero-order chi connectivity index (χ0) is 31.7. The number of amides is 2. The van der Waals surface area contributed by atoms with Gasteiger partial charge in [-0.2, -0.15) is 0 Å². The van der Waals surface area contributed by atoms with Gasteiger partial charge in [0.2, 0.25) is 5.91 Å². The molecule has 0 bridgehead atoms. The van der Waals surface area contributed by atoms with Gasteiger partial charge in [-0.3, -0.25) is 9.59 Å². The second-order valence-electron chi connectivity index (χ2n) is 10.3. The van der Waals surface area contributed by atoms with Gasteiger partial charge in [-0.1, -0.05) is 60.7 Å². The molecule has 0 aliphatic rings. The van der Waals surface area contributed by atoms with Gasteiger partial charge in [0.05, 0.1) is 17.2 Å². The van der Waals surface area contributed by atoms with E-state index < -0.39 is 48.4 Å². The van der Waals surface area contributed by atoms with Crippen LogP contribution in [0.4, 0.5) is 4.79 Å². The molecular weight excluding hydrogens is 552 g/mol. The van der Waals surface area contributed by atoms with Crippen molar-refractivity contribution in [3.63, 3.8) is 0 Å². The molecule has 0 saturated carbocycles. The molecule has 0 aliphatic carbocycles. The van der Waals surface area contributed by atoms with Gasteiger partial charge in [-0.25, -0.2) is 14.4 Å². The number of benzene rings is 3. The van der Waals surface area contributed by atoms with E-state index in [1.54, 1.807) is 52.0 Å². The number of ketones is 1. The maximum Gasteiger partial charge on any atom is 0.408 e. The molecule has 0 unspecified atom stereocenters. The highest BCUT2D eigenvalue weighted by molar-refractivity contribution is 6.00. The predicted octanol–water partition coefficient (Wildman–Crippen LogP) is 4.39. The number of aromatic carboxylic acids is 1. The first-order chi connectivity index (χ1) is 20.4. The normalized spacial score (nSPS) is 12.0. The molecule has 0 fully saturated rings. The van der Waals surface area contributed by atoms with Gasteiger partial charge < -0.3 is 25.2 Å². The monoisotopic (exact) mass is 588 g/mol. The number of esters is 1. The number of nitrogens with one attached hydrogen (secondary N) is 2. The van der Waals surface area contributed by atoms with E-state index in [-0.39, 0.29) is 24.2 Å². The molecule has 0 spiro atoms. The fourth-order valence-electron chi connectivity index (χ4n) is 4.63. The topological polar surface area (TPSA) is 148 Å². The molecule has 3 aromatic rings. The second-order valence-corrected chi connectivity index (χ2v) is 10.3. The maximum absolute atomic E-state index is 13.2. The Kier molecular flexibility index (Phi) is 11.2. The average Bonchev–Trinajstić information content (AvgIpc) is 2.98. The summed E-state index contributed by atoms with van der Waals surface area (Å²) in [6.07, 6.45) is -0.648. The van der Waals surface area contributed by atoms with Crippen LogP contribution in [0, 0.1) is 27.7 Å². The smallest absolute Gasteiger partial charge is 0.408 e. The molecular formula is C33H36N2O8. The van der Waals surface area contributed by atoms with E-state index in [0.717, 1.165) is 11.1 Å². The minimum Gasteiger partial charge on any atom is -0.478 e. The van der Waals surface area contributed by atoms with Crippen molar-refractivity contribution in [2.24, 2.45) is 0 Å². The Bertz CT molecular complexity index is 1470. The number of ether oxygens (including phenoxy) is 2. The van der Waals surface area contributed by atoms with Gasteiger partial charge in [0.15, 0.2) is 12.4 Å². The SMILES string of the molecule is Cc1c(C)c(C(=O)OCC(=O)[C@H](C)NC(=O)[C@H](Cc2ccccc2)NC(=O)OCc2ccccc2)c(C)c(C)c1C(=O)O. The number of carboxylic acids is 1. The third-order valence-electron chi connectivity index (χ3n) is 7.33. The van der Waals surface area contributed by atoms with E-state index in [9.17, 15) is 29.1 Å². The molecule has 2 amide bonds. The van der Waals surface area contributed by atoms with Crippen LogP contribution in [0.2, 0.25) is 0 Å². The van der Waals surface area contributed by atoms with E-state index >= 15 is 0 Å². The first-order valence-electron chi connectivity index (χ1n) is 13.8. The molecule has 2 atom stereocenters. The van der Waals surface area contributed by atoms with Crippen molar-refractivity contribution in [1.82, 2.24) is 10.6 Å². The minimum absolute atomic E-state index is 0.0175. The molecule has 10 heteroatoms. The lowest BCUT2D eigenvalue weighted by Crippen LogP contribution is -2.52. The molecule has 0 radical (unpaired) electrons. The molecule has 226 valence electrons. The van der Waals surface area contributed by atoms with E-state index in [1.807, 2.05) is 36.4 Å². The molecule has 10 nitrogen and oxygen atoms in total. The van der Waals surface area contributed by atoms with Crippen molar-refractivity contribution in [3.8, 4) is 0 Å². The van der Waals surface area contributed by atoms with Crippen LogP contribution in [0.15, 0.2) is 60.7 Å². The number of Topliss-reactive ketones (excluding diaryl/α,β-unsaturated/α-hetero) is 1. The highest BCUT2D eigenvalue weighted by Gasteiger charge is 2.27. The van der Waals surface area contributed by atoms with Crippen LogP contribution in [0.25, 0.3) is 0 Å². The van der Waals surface area contributed by atoms with Gasteiger partial charge in [-0.05, 0) is 68.0 Å². The lowest BCUT2D eigenvalue weighted by Gasteiger charge is -2.21. The number of carboxylic acid groups (broad SMARTS) is 1. The third kappa shape index (κ3) is 8.51. The summed E-state index contributed by atoms with van der Waals surface area (Å²) in [5, 5.41) is 14.7. The van der Waals surface area contributed by atoms with Gasteiger partial charge in [-0.15, -0.1) is 0 Å². The second kappa shape index (κ2) is 14.8. The summed E-state index contributed by atoms with van der Waals surface area (Å²) >= 11 is 0. The highest BCUT2D eigenvalue weighted by atomic mass is 16.5. The number of alkyl carbamates (subject to hydrolysis) is 1. The maximum atomic E-state index is 13.2. The Balaban J connectivity index is 1.64. The van der Waals surface area contributed by atoms with Crippen LogP contribution in [0.3, 0.4) is 0 Å². The van der Waals surface area contributed by atoms with Crippen molar-refractivity contribution in [2.75, 3.05) is 6.61 Å². The molecule has 0 saturated heterocycles. The summed E-state index contributed by atoms with van der Waals surface area (Å²) in [5.74, 6) is -3.05. The predicted molar refractivity (Wildman–Crippen MR) is 159 cm³/mol. The lowest BCUT2D eigenvalue weighted by molar-refractivity contribution is -0.130. The number of carbonyl (C=O) groups excluding carboxylic acids is 4. The van der Waals surface area contributed by atoms with Crippen LogP contribution >= 0.6 is 0 Å².